The van der Waals surface area contributed by atoms with Gasteiger partial charge in [-0.05, 0) is 36.9 Å². The maximum absolute atomic E-state index is 12.6. The summed E-state index contributed by atoms with van der Waals surface area (Å²) in [5.41, 5.74) is -1.35. The van der Waals surface area contributed by atoms with E-state index >= 15 is 0 Å². The lowest BCUT2D eigenvalue weighted by Crippen LogP contribution is -2.38. The molecule has 0 aliphatic carbocycles. The van der Waals surface area contributed by atoms with Crippen molar-refractivity contribution in [1.29, 1.82) is 0 Å². The molecule has 0 bridgehead atoms. The molecule has 3 aromatic rings. The number of sulfonamides is 1. The Balaban J connectivity index is 1.86. The highest BCUT2D eigenvalue weighted by Gasteiger charge is 2.29. The second-order valence-electron chi connectivity index (χ2n) is 6.45. The number of thiophene rings is 1. The number of rotatable bonds is 6. The van der Waals surface area contributed by atoms with E-state index in [0.717, 1.165) is 16.2 Å². The molecule has 0 fully saturated rings. The number of nitrogens with zero attached hydrogens (tertiary/aromatic N) is 1. The van der Waals surface area contributed by atoms with E-state index in [-0.39, 0.29) is 17.1 Å². The van der Waals surface area contributed by atoms with Crippen molar-refractivity contribution in [1.82, 2.24) is 4.72 Å². The number of hydrogen-bond donors (Lipinski definition) is 2. The van der Waals surface area contributed by atoms with Crippen LogP contribution < -0.4 is 4.72 Å². The lowest BCUT2D eigenvalue weighted by atomic mass is 10.1. The average Bonchev–Trinajstić information content (AvgIpc) is 3.05. The molecule has 0 amide bonds. The van der Waals surface area contributed by atoms with E-state index in [1.54, 1.807) is 6.92 Å². The van der Waals surface area contributed by atoms with Crippen molar-refractivity contribution in [3.63, 3.8) is 0 Å². The minimum absolute atomic E-state index is 0.177. The van der Waals surface area contributed by atoms with Crippen molar-refractivity contribution in [3.8, 4) is 0 Å². The van der Waals surface area contributed by atoms with Crippen LogP contribution in [0, 0.1) is 17.0 Å². The minimum Gasteiger partial charge on any atom is -0.383 e. The summed E-state index contributed by atoms with van der Waals surface area (Å²) in [6, 6.07) is 13.1. The van der Waals surface area contributed by atoms with Gasteiger partial charge >= 0.3 is 0 Å². The number of hydrogen-bond acceptors (Lipinski definition) is 6. The molecule has 142 valence electrons. The van der Waals surface area contributed by atoms with Gasteiger partial charge in [0.2, 0.25) is 10.0 Å². The summed E-state index contributed by atoms with van der Waals surface area (Å²) in [4.78, 5) is 10.7. The zero-order valence-corrected chi connectivity index (χ0v) is 16.3. The van der Waals surface area contributed by atoms with E-state index in [0.29, 0.717) is 10.4 Å². The number of aliphatic hydroxyl groups is 1. The van der Waals surface area contributed by atoms with Gasteiger partial charge in [-0.2, -0.15) is 0 Å². The van der Waals surface area contributed by atoms with Gasteiger partial charge in [-0.3, -0.25) is 10.1 Å². The van der Waals surface area contributed by atoms with Crippen LogP contribution in [-0.2, 0) is 15.6 Å². The Kier molecular flexibility index (Phi) is 5.04. The SMILES string of the molecule is Cc1ccc([N+](=O)[O-])cc1S(=O)(=O)NCC(C)(O)c1cc2ccccc2s1. The van der Waals surface area contributed by atoms with Crippen LogP contribution in [-0.4, -0.2) is 25.0 Å². The molecule has 1 heterocycles. The number of aryl methyl sites for hydroxylation is 1. The third-order valence-electron chi connectivity index (χ3n) is 4.23. The lowest BCUT2D eigenvalue weighted by Gasteiger charge is -2.22. The van der Waals surface area contributed by atoms with E-state index in [1.807, 2.05) is 30.3 Å². The van der Waals surface area contributed by atoms with Gasteiger partial charge < -0.3 is 5.11 Å². The number of nitro groups is 1. The van der Waals surface area contributed by atoms with E-state index in [4.69, 9.17) is 0 Å². The zero-order valence-electron chi connectivity index (χ0n) is 14.7. The van der Waals surface area contributed by atoms with Crippen molar-refractivity contribution in [2.45, 2.75) is 24.3 Å². The van der Waals surface area contributed by atoms with Gasteiger partial charge in [0, 0.05) is 28.3 Å². The van der Waals surface area contributed by atoms with Crippen molar-refractivity contribution in [3.05, 3.63) is 69.1 Å². The molecule has 3 rings (SSSR count). The third kappa shape index (κ3) is 4.01. The van der Waals surface area contributed by atoms with Gasteiger partial charge in [0.1, 0.15) is 5.60 Å². The molecule has 0 aliphatic heterocycles. The van der Waals surface area contributed by atoms with E-state index in [1.165, 1.54) is 30.4 Å². The van der Waals surface area contributed by atoms with Crippen molar-refractivity contribution >= 4 is 37.1 Å². The van der Waals surface area contributed by atoms with Gasteiger partial charge in [-0.1, -0.05) is 24.3 Å². The topological polar surface area (TPSA) is 110 Å². The molecule has 1 aromatic heterocycles. The number of nitrogens with one attached hydrogen (secondary N) is 1. The highest BCUT2D eigenvalue weighted by Crippen LogP contribution is 2.33. The van der Waals surface area contributed by atoms with Gasteiger partial charge in [0.25, 0.3) is 5.69 Å². The van der Waals surface area contributed by atoms with Crippen LogP contribution in [0.25, 0.3) is 10.1 Å². The first kappa shape index (κ1) is 19.4. The largest absolute Gasteiger partial charge is 0.383 e. The Bertz CT molecular complexity index is 1090. The molecule has 0 saturated carbocycles. The maximum Gasteiger partial charge on any atom is 0.270 e. The summed E-state index contributed by atoms with van der Waals surface area (Å²) in [7, 11) is -4.03. The molecular weight excluding hydrogens is 388 g/mol. The molecule has 27 heavy (non-hydrogen) atoms. The first-order chi connectivity index (χ1) is 12.6. The second-order valence-corrected chi connectivity index (χ2v) is 9.27. The quantitative estimate of drug-likeness (QED) is 0.482. The molecular formula is C18H18N2O5S2. The first-order valence-electron chi connectivity index (χ1n) is 8.06. The molecule has 1 atom stereocenters. The number of nitro benzene ring substituents is 1. The lowest BCUT2D eigenvalue weighted by molar-refractivity contribution is -0.385. The van der Waals surface area contributed by atoms with Crippen LogP contribution in [0.2, 0.25) is 0 Å². The normalized spacial score (nSPS) is 14.2. The summed E-state index contributed by atoms with van der Waals surface area (Å²) in [6.45, 7) is 2.83. The predicted molar refractivity (Wildman–Crippen MR) is 104 cm³/mol. The minimum atomic E-state index is -4.03. The first-order valence-corrected chi connectivity index (χ1v) is 10.4. The number of fused-ring (bicyclic) bond motifs is 1. The fourth-order valence-corrected chi connectivity index (χ4v) is 5.14. The Morgan fingerprint density at radius 3 is 2.59 bits per heavy atom. The van der Waals surface area contributed by atoms with Crippen molar-refractivity contribution in [2.24, 2.45) is 0 Å². The van der Waals surface area contributed by atoms with Crippen molar-refractivity contribution < 1.29 is 18.4 Å². The molecule has 2 N–H and O–H groups in total. The molecule has 2 aromatic carbocycles. The van der Waals surface area contributed by atoms with Crippen LogP contribution in [0.1, 0.15) is 17.4 Å². The van der Waals surface area contributed by atoms with Gasteiger partial charge in [-0.25, -0.2) is 13.1 Å². The fourth-order valence-electron chi connectivity index (χ4n) is 2.64. The molecule has 0 radical (unpaired) electrons. The fraction of sp³-hybridized carbons (Fsp3) is 0.222. The Labute approximate surface area is 160 Å². The van der Waals surface area contributed by atoms with Crippen LogP contribution in [0.4, 0.5) is 5.69 Å². The molecule has 7 nitrogen and oxygen atoms in total. The highest BCUT2D eigenvalue weighted by molar-refractivity contribution is 7.89. The summed E-state index contributed by atoms with van der Waals surface area (Å²) in [5.74, 6) is 0. The molecule has 1 unspecified atom stereocenters. The smallest absolute Gasteiger partial charge is 0.270 e. The van der Waals surface area contributed by atoms with E-state index in [2.05, 4.69) is 4.72 Å². The van der Waals surface area contributed by atoms with Gasteiger partial charge in [0.05, 0.1) is 9.82 Å². The van der Waals surface area contributed by atoms with Gasteiger partial charge in [0.15, 0.2) is 0 Å². The van der Waals surface area contributed by atoms with E-state index in [9.17, 15) is 23.6 Å². The molecule has 9 heteroatoms. The monoisotopic (exact) mass is 406 g/mol. The van der Waals surface area contributed by atoms with Crippen molar-refractivity contribution in [2.75, 3.05) is 6.54 Å². The predicted octanol–water partition coefficient (Wildman–Crippen LogP) is 3.30. The second kappa shape index (κ2) is 7.01. The van der Waals surface area contributed by atoms with E-state index < -0.39 is 20.5 Å². The number of non-ortho nitro benzene ring substituents is 1. The Morgan fingerprint density at radius 2 is 1.93 bits per heavy atom. The Morgan fingerprint density at radius 1 is 1.22 bits per heavy atom. The summed E-state index contributed by atoms with van der Waals surface area (Å²) in [6.07, 6.45) is 0. The molecule has 0 spiro atoms. The summed E-state index contributed by atoms with van der Waals surface area (Å²) in [5, 5.41) is 22.7. The highest BCUT2D eigenvalue weighted by atomic mass is 32.2. The van der Waals surface area contributed by atoms with Crippen LogP contribution >= 0.6 is 11.3 Å². The zero-order chi connectivity index (χ0) is 19.8. The number of benzene rings is 2. The summed E-state index contributed by atoms with van der Waals surface area (Å²) >= 11 is 1.39. The van der Waals surface area contributed by atoms with Crippen LogP contribution in [0.15, 0.2) is 53.4 Å². The Hall–Kier alpha value is -2.33. The molecule has 0 saturated heterocycles. The van der Waals surface area contributed by atoms with Gasteiger partial charge in [-0.15, -0.1) is 11.3 Å². The molecule has 0 aliphatic rings. The maximum atomic E-state index is 12.6. The van der Waals surface area contributed by atoms with Crippen LogP contribution in [0.5, 0.6) is 0 Å². The van der Waals surface area contributed by atoms with Crippen LogP contribution in [0.3, 0.4) is 0 Å². The third-order valence-corrected chi connectivity index (χ3v) is 7.15. The standard InChI is InChI=1S/C18H18N2O5S2/c1-12-7-8-14(20(22)23)10-16(12)27(24,25)19-11-18(2,21)17-9-13-5-3-4-6-15(13)26-17/h3-10,19,21H,11H2,1-2H3. The summed E-state index contributed by atoms with van der Waals surface area (Å²) < 4.78 is 28.6. The average molecular weight is 406 g/mol.